The van der Waals surface area contributed by atoms with Crippen LogP contribution in [0.25, 0.3) is 10.2 Å². The van der Waals surface area contributed by atoms with E-state index in [9.17, 15) is 4.79 Å². The average molecular weight is 470 g/mol. The van der Waals surface area contributed by atoms with Crippen molar-refractivity contribution in [3.8, 4) is 0 Å². The Hall–Kier alpha value is -1.31. The summed E-state index contributed by atoms with van der Waals surface area (Å²) in [6, 6.07) is 13.6. The van der Waals surface area contributed by atoms with Crippen molar-refractivity contribution < 1.29 is 4.79 Å². The van der Waals surface area contributed by atoms with E-state index in [0.29, 0.717) is 22.3 Å². The summed E-state index contributed by atoms with van der Waals surface area (Å²) in [7, 11) is 4.07. The summed E-state index contributed by atoms with van der Waals surface area (Å²) < 4.78 is 0.989. The van der Waals surface area contributed by atoms with Gasteiger partial charge in [-0.1, -0.05) is 35.9 Å². The molecule has 4 nitrogen and oxygen atoms in total. The predicted octanol–water partition coefficient (Wildman–Crippen LogP) is 6.08. The molecule has 0 aliphatic heterocycles. The first kappa shape index (κ1) is 24.0. The zero-order chi connectivity index (χ0) is 20.1. The molecule has 0 radical (unpaired) electrons. The summed E-state index contributed by atoms with van der Waals surface area (Å²) in [5.41, 5.74) is 1.43. The highest BCUT2D eigenvalue weighted by Gasteiger charge is 2.21. The lowest BCUT2D eigenvalue weighted by atomic mass is 10.2. The molecule has 1 aromatic heterocycles. The zero-order valence-electron chi connectivity index (χ0n) is 16.7. The summed E-state index contributed by atoms with van der Waals surface area (Å²) in [4.78, 5) is 23.0. The number of rotatable bonds is 8. The number of para-hydroxylation sites is 1. The Balaban J connectivity index is 0.00000300. The number of carbonyl (C=O) groups excluding carboxylic acids is 1. The van der Waals surface area contributed by atoms with Gasteiger partial charge in [-0.3, -0.25) is 9.69 Å². The first-order valence-electron chi connectivity index (χ1n) is 9.24. The number of aromatic nitrogens is 1. The molecular formula is C21H25Cl2N3OS2. The van der Waals surface area contributed by atoms with Crippen LogP contribution < -0.4 is 4.90 Å². The molecule has 0 unspecified atom stereocenters. The number of benzene rings is 2. The van der Waals surface area contributed by atoms with Gasteiger partial charge in [0, 0.05) is 17.0 Å². The summed E-state index contributed by atoms with van der Waals surface area (Å²) in [6.07, 6.45) is 0.867. The lowest BCUT2D eigenvalue weighted by Gasteiger charge is -2.21. The molecular weight excluding hydrogens is 445 g/mol. The Labute approximate surface area is 191 Å². The number of thioether (sulfide) groups is 1. The molecule has 0 saturated heterocycles. The van der Waals surface area contributed by atoms with E-state index in [2.05, 4.69) is 16.8 Å². The third kappa shape index (κ3) is 6.09. The minimum absolute atomic E-state index is 0. The number of fused-ring (bicyclic) bond motifs is 1. The second-order valence-electron chi connectivity index (χ2n) is 6.65. The summed E-state index contributed by atoms with van der Waals surface area (Å²) >= 11 is 9.57. The first-order valence-corrected chi connectivity index (χ1v) is 11.4. The fourth-order valence-electron chi connectivity index (χ4n) is 2.86. The molecule has 3 aromatic rings. The van der Waals surface area contributed by atoms with Crippen LogP contribution in [0, 0.1) is 0 Å². The second kappa shape index (κ2) is 11.2. The van der Waals surface area contributed by atoms with Gasteiger partial charge in [0.1, 0.15) is 5.52 Å². The third-order valence-corrected chi connectivity index (χ3v) is 6.48. The third-order valence-electron chi connectivity index (χ3n) is 4.23. The number of hydrogen-bond acceptors (Lipinski definition) is 5. The number of amides is 1. The number of hydrogen-bond donors (Lipinski definition) is 0. The van der Waals surface area contributed by atoms with Crippen molar-refractivity contribution in [1.82, 2.24) is 9.88 Å². The Kier molecular flexibility index (Phi) is 9.24. The molecule has 0 bridgehead atoms. The minimum atomic E-state index is -0.0259. The van der Waals surface area contributed by atoms with Crippen LogP contribution in [0.2, 0.25) is 5.02 Å². The molecule has 0 atom stereocenters. The van der Waals surface area contributed by atoms with E-state index in [1.807, 2.05) is 56.6 Å². The molecule has 0 N–H and O–H groups in total. The van der Waals surface area contributed by atoms with Crippen molar-refractivity contribution in [2.75, 3.05) is 37.8 Å². The Morgan fingerprint density at radius 3 is 2.48 bits per heavy atom. The fraction of sp³-hybridized carbons (Fsp3) is 0.333. The van der Waals surface area contributed by atoms with Crippen LogP contribution in [0.15, 0.2) is 47.4 Å². The lowest BCUT2D eigenvalue weighted by Crippen LogP contribution is -2.33. The number of anilines is 1. The molecule has 0 saturated carbocycles. The molecule has 2 aromatic carbocycles. The van der Waals surface area contributed by atoms with Crippen LogP contribution in [-0.4, -0.2) is 48.7 Å². The maximum absolute atomic E-state index is 13.3. The highest BCUT2D eigenvalue weighted by molar-refractivity contribution is 7.99. The van der Waals surface area contributed by atoms with Crippen LogP contribution in [0.5, 0.6) is 0 Å². The predicted molar refractivity (Wildman–Crippen MR) is 130 cm³/mol. The molecule has 1 heterocycles. The summed E-state index contributed by atoms with van der Waals surface area (Å²) in [6.45, 7) is 3.63. The van der Waals surface area contributed by atoms with Gasteiger partial charge in [-0.15, -0.1) is 24.2 Å². The Bertz CT molecular complexity index is 945. The zero-order valence-corrected chi connectivity index (χ0v) is 19.9. The van der Waals surface area contributed by atoms with Gasteiger partial charge in [0.25, 0.3) is 5.91 Å². The number of nitrogens with zero attached hydrogens (tertiary/aromatic N) is 3. The second-order valence-corrected chi connectivity index (χ2v) is 9.41. The molecule has 0 aliphatic carbocycles. The fourth-order valence-corrected chi connectivity index (χ4v) is 4.82. The Morgan fingerprint density at radius 1 is 1.14 bits per heavy atom. The van der Waals surface area contributed by atoms with Gasteiger partial charge in [0.2, 0.25) is 0 Å². The van der Waals surface area contributed by atoms with E-state index in [1.165, 1.54) is 16.2 Å². The van der Waals surface area contributed by atoms with Crippen LogP contribution in [0.3, 0.4) is 0 Å². The lowest BCUT2D eigenvalue weighted by molar-refractivity contribution is 0.0986. The van der Waals surface area contributed by atoms with Crippen LogP contribution in [0.4, 0.5) is 5.13 Å². The minimum Gasteiger partial charge on any atom is -0.309 e. The molecule has 29 heavy (non-hydrogen) atoms. The average Bonchev–Trinajstić information content (AvgIpc) is 3.11. The van der Waals surface area contributed by atoms with Crippen molar-refractivity contribution >= 4 is 68.4 Å². The van der Waals surface area contributed by atoms with Crippen molar-refractivity contribution in [2.24, 2.45) is 0 Å². The number of carbonyl (C=O) groups is 1. The van der Waals surface area contributed by atoms with Gasteiger partial charge in [0.05, 0.1) is 9.72 Å². The summed E-state index contributed by atoms with van der Waals surface area (Å²) in [5.74, 6) is 0.984. The van der Waals surface area contributed by atoms with Crippen molar-refractivity contribution in [3.63, 3.8) is 0 Å². The van der Waals surface area contributed by atoms with Gasteiger partial charge < -0.3 is 4.90 Å². The van der Waals surface area contributed by atoms with E-state index < -0.39 is 0 Å². The maximum Gasteiger partial charge on any atom is 0.260 e. The molecule has 156 valence electrons. The van der Waals surface area contributed by atoms with Crippen molar-refractivity contribution in [3.05, 3.63) is 53.1 Å². The first-order chi connectivity index (χ1) is 13.5. The molecule has 8 heteroatoms. The van der Waals surface area contributed by atoms with Crippen molar-refractivity contribution in [2.45, 2.75) is 18.2 Å². The van der Waals surface area contributed by atoms with E-state index in [4.69, 9.17) is 11.6 Å². The summed E-state index contributed by atoms with van der Waals surface area (Å²) in [5, 5.41) is 1.31. The maximum atomic E-state index is 13.3. The van der Waals surface area contributed by atoms with Gasteiger partial charge in [-0.2, -0.15) is 0 Å². The van der Waals surface area contributed by atoms with Gasteiger partial charge >= 0.3 is 0 Å². The van der Waals surface area contributed by atoms with Gasteiger partial charge in [-0.25, -0.2) is 4.98 Å². The van der Waals surface area contributed by atoms with Gasteiger partial charge in [-0.05, 0) is 69.2 Å². The Morgan fingerprint density at radius 2 is 1.86 bits per heavy atom. The molecule has 0 aliphatic rings. The van der Waals surface area contributed by atoms with Crippen LogP contribution in [0.1, 0.15) is 23.7 Å². The number of halogens is 2. The standard InChI is InChI=1S/C21H24ClN3OS2.ClH/c1-4-27-16-11-9-15(10-12-16)20(26)25(14-6-13-24(2)3)21-23-19-17(22)7-5-8-18(19)28-21;/h5,7-12H,4,6,13-14H2,1-3H3;1H. The van der Waals surface area contributed by atoms with Crippen LogP contribution >= 0.6 is 47.1 Å². The molecule has 0 spiro atoms. The number of thiazole rings is 1. The van der Waals surface area contributed by atoms with E-state index in [0.717, 1.165) is 28.9 Å². The van der Waals surface area contributed by atoms with E-state index in [-0.39, 0.29) is 18.3 Å². The molecule has 1 amide bonds. The molecule has 0 fully saturated rings. The largest absolute Gasteiger partial charge is 0.309 e. The van der Waals surface area contributed by atoms with Gasteiger partial charge in [0.15, 0.2) is 5.13 Å². The smallest absolute Gasteiger partial charge is 0.260 e. The molecule has 3 rings (SSSR count). The highest BCUT2D eigenvalue weighted by atomic mass is 35.5. The quantitative estimate of drug-likeness (QED) is 0.374. The highest BCUT2D eigenvalue weighted by Crippen LogP contribution is 2.33. The van der Waals surface area contributed by atoms with Crippen molar-refractivity contribution in [1.29, 1.82) is 0 Å². The topological polar surface area (TPSA) is 36.4 Å². The normalized spacial score (nSPS) is 10.9. The van der Waals surface area contributed by atoms with Crippen LogP contribution in [-0.2, 0) is 0 Å². The van der Waals surface area contributed by atoms with E-state index >= 15 is 0 Å². The van der Waals surface area contributed by atoms with E-state index in [1.54, 1.807) is 16.7 Å². The monoisotopic (exact) mass is 469 g/mol. The SMILES string of the molecule is CCSc1ccc(C(=O)N(CCCN(C)C)c2nc3c(Cl)cccc3s2)cc1.Cl.